The van der Waals surface area contributed by atoms with E-state index in [9.17, 15) is 35.5 Å². The van der Waals surface area contributed by atoms with Crippen LogP contribution in [0.25, 0.3) is 0 Å². The normalized spacial score (nSPS) is 23.7. The second-order valence-corrected chi connectivity index (χ2v) is 9.43. The van der Waals surface area contributed by atoms with Crippen molar-refractivity contribution in [3.05, 3.63) is 35.6 Å². The van der Waals surface area contributed by atoms with Crippen LogP contribution in [0, 0.1) is 5.82 Å². The third-order valence-corrected chi connectivity index (χ3v) is 6.54. The van der Waals surface area contributed by atoms with Gasteiger partial charge in [-0.25, -0.2) is 14.0 Å². The third-order valence-electron chi connectivity index (χ3n) is 6.54. The van der Waals surface area contributed by atoms with E-state index in [2.05, 4.69) is 16.8 Å². The first-order valence-electron chi connectivity index (χ1n) is 12.2. The van der Waals surface area contributed by atoms with Crippen molar-refractivity contribution in [2.75, 3.05) is 39.8 Å². The van der Waals surface area contributed by atoms with E-state index >= 15 is 0 Å². The molecule has 0 spiro atoms. The number of rotatable bonds is 3. The summed E-state index contributed by atoms with van der Waals surface area (Å²) in [5.74, 6) is -5.53. The van der Waals surface area contributed by atoms with Crippen molar-refractivity contribution < 1.29 is 60.1 Å². The molecule has 1 amide bonds. The van der Waals surface area contributed by atoms with E-state index in [0.29, 0.717) is 6.04 Å². The summed E-state index contributed by atoms with van der Waals surface area (Å²) in [6.45, 7) is 5.29. The second-order valence-electron chi connectivity index (χ2n) is 9.43. The molecular weight excluding hydrogens is 559 g/mol. The van der Waals surface area contributed by atoms with Crippen LogP contribution in [0.4, 0.5) is 30.7 Å². The first kappa shape index (κ1) is 33.2. The minimum Gasteiger partial charge on any atom is -0.475 e. The molecule has 0 unspecified atom stereocenters. The van der Waals surface area contributed by atoms with Crippen LogP contribution in [0.1, 0.15) is 24.8 Å². The van der Waals surface area contributed by atoms with Crippen LogP contribution in [-0.4, -0.2) is 113 Å². The Kier molecular flexibility index (Phi) is 11.7. The highest BCUT2D eigenvalue weighted by Gasteiger charge is 2.43. The molecule has 3 aliphatic rings. The van der Waals surface area contributed by atoms with Crippen LogP contribution in [-0.2, 0) is 25.7 Å². The number of carbonyl (C=O) groups is 3. The van der Waals surface area contributed by atoms with Crippen molar-refractivity contribution in [1.29, 1.82) is 0 Å². The summed E-state index contributed by atoms with van der Waals surface area (Å²) in [5, 5.41) is 14.2. The molecule has 3 atom stereocenters. The van der Waals surface area contributed by atoms with E-state index in [4.69, 9.17) is 24.5 Å². The van der Waals surface area contributed by atoms with Gasteiger partial charge in [-0.05, 0) is 44.0 Å². The number of aliphatic carboxylic acids is 2. The Balaban J connectivity index is 0.000000333. The highest BCUT2D eigenvalue weighted by Crippen LogP contribution is 2.33. The predicted octanol–water partition coefficient (Wildman–Crippen LogP) is 2.99. The van der Waals surface area contributed by atoms with Gasteiger partial charge in [0.1, 0.15) is 11.9 Å². The summed E-state index contributed by atoms with van der Waals surface area (Å²) in [6.07, 6.45) is -7.53. The Hall–Kier alpha value is -2.98. The number of amides is 1. The molecule has 3 fully saturated rings. The van der Waals surface area contributed by atoms with Crippen molar-refractivity contribution in [3.8, 4) is 0 Å². The Morgan fingerprint density at radius 2 is 1.35 bits per heavy atom. The summed E-state index contributed by atoms with van der Waals surface area (Å²) in [4.78, 5) is 37.2. The summed E-state index contributed by atoms with van der Waals surface area (Å²) >= 11 is 0. The number of halogens is 7. The molecule has 0 aromatic heterocycles. The number of benzene rings is 1. The van der Waals surface area contributed by atoms with Gasteiger partial charge in [0, 0.05) is 45.3 Å². The molecular formula is C24H30F7N3O6. The summed E-state index contributed by atoms with van der Waals surface area (Å²) in [7, 11) is 2.09. The molecule has 0 aliphatic carbocycles. The minimum absolute atomic E-state index is 0.144. The molecule has 226 valence electrons. The molecule has 4 rings (SSSR count). The van der Waals surface area contributed by atoms with Crippen molar-refractivity contribution in [2.45, 2.75) is 56.4 Å². The van der Waals surface area contributed by atoms with Crippen molar-refractivity contribution in [1.82, 2.24) is 14.7 Å². The summed E-state index contributed by atoms with van der Waals surface area (Å²) in [6, 6.07) is 7.12. The summed E-state index contributed by atoms with van der Waals surface area (Å²) in [5.41, 5.74) is 1.13. The highest BCUT2D eigenvalue weighted by molar-refractivity contribution is 5.81. The van der Waals surface area contributed by atoms with Crippen LogP contribution >= 0.6 is 0 Å². The molecule has 9 nitrogen and oxygen atoms in total. The quantitative estimate of drug-likeness (QED) is 0.518. The maximum atomic E-state index is 13.1. The summed E-state index contributed by atoms with van der Waals surface area (Å²) < 4.78 is 82.8. The van der Waals surface area contributed by atoms with Crippen molar-refractivity contribution >= 4 is 17.8 Å². The van der Waals surface area contributed by atoms with Crippen molar-refractivity contribution in [3.63, 3.8) is 0 Å². The molecule has 2 N–H and O–H groups in total. The number of likely N-dealkylation sites (tertiary alicyclic amines) is 1. The zero-order valence-corrected chi connectivity index (χ0v) is 21.4. The van der Waals surface area contributed by atoms with Gasteiger partial charge in [-0.2, -0.15) is 26.3 Å². The number of hydrogen-bond acceptors (Lipinski definition) is 6. The fourth-order valence-electron chi connectivity index (χ4n) is 4.45. The number of carbonyl (C=O) groups excluding carboxylic acids is 1. The van der Waals surface area contributed by atoms with E-state index in [1.807, 2.05) is 17.0 Å². The molecule has 3 heterocycles. The predicted molar refractivity (Wildman–Crippen MR) is 125 cm³/mol. The fraction of sp³-hybridized carbons (Fsp3) is 0.625. The lowest BCUT2D eigenvalue weighted by molar-refractivity contribution is -0.193. The first-order chi connectivity index (χ1) is 18.5. The standard InChI is InChI=1S/C20H28FN3O2.2C2HF3O2/c1-22-10-12-23(13-11-22)20(25)19-7-6-17-18(26-19)8-9-24(17)14-15-2-4-16(21)5-3-15;2*3-2(4,5)1(6)7/h2-5,17-19H,6-14H2,1H3;2*(H,6,7)/t17-,18-,19+;;/m1../s1. The Morgan fingerprint density at radius 1 is 0.850 bits per heavy atom. The number of nitrogens with zero attached hydrogens (tertiary/aromatic N) is 3. The van der Waals surface area contributed by atoms with Gasteiger partial charge in [0.15, 0.2) is 0 Å². The lowest BCUT2D eigenvalue weighted by Crippen LogP contribution is -2.53. The van der Waals surface area contributed by atoms with Gasteiger partial charge in [-0.1, -0.05) is 12.1 Å². The van der Waals surface area contributed by atoms with E-state index in [0.717, 1.165) is 64.1 Å². The molecule has 0 bridgehead atoms. The number of fused-ring (bicyclic) bond motifs is 1. The van der Waals surface area contributed by atoms with Crippen LogP contribution in [0.3, 0.4) is 0 Å². The number of piperazine rings is 1. The van der Waals surface area contributed by atoms with Gasteiger partial charge < -0.3 is 24.7 Å². The monoisotopic (exact) mass is 589 g/mol. The number of likely N-dealkylation sites (N-methyl/N-ethyl adjacent to an activating group) is 1. The van der Waals surface area contributed by atoms with Gasteiger partial charge in [0.25, 0.3) is 5.91 Å². The lowest BCUT2D eigenvalue weighted by Gasteiger charge is -2.39. The molecule has 3 saturated heterocycles. The number of carboxylic acid groups (broad SMARTS) is 2. The Bertz CT molecular complexity index is 974. The second kappa shape index (κ2) is 14.1. The molecule has 0 radical (unpaired) electrons. The third kappa shape index (κ3) is 10.2. The fourth-order valence-corrected chi connectivity index (χ4v) is 4.45. The SMILES string of the molecule is CN1CCN(C(=O)[C@@H]2CC[C@@H]3[C@@H](CCN3Cc3ccc(F)cc3)O2)CC1.O=C(O)C(F)(F)F.O=C(O)C(F)(F)F. The van der Waals surface area contributed by atoms with Gasteiger partial charge in [-0.3, -0.25) is 9.69 Å². The maximum Gasteiger partial charge on any atom is 0.490 e. The number of carboxylic acids is 2. The molecule has 16 heteroatoms. The first-order valence-corrected chi connectivity index (χ1v) is 12.2. The molecule has 3 aliphatic heterocycles. The van der Waals surface area contributed by atoms with Crippen LogP contribution in [0.2, 0.25) is 0 Å². The van der Waals surface area contributed by atoms with Crippen molar-refractivity contribution in [2.24, 2.45) is 0 Å². The molecule has 40 heavy (non-hydrogen) atoms. The molecule has 1 aromatic rings. The topological polar surface area (TPSA) is 111 Å². The van der Waals surface area contributed by atoms with Gasteiger partial charge >= 0.3 is 24.3 Å². The van der Waals surface area contributed by atoms with Crippen LogP contribution in [0.5, 0.6) is 0 Å². The average Bonchev–Trinajstić information content (AvgIpc) is 3.27. The number of alkyl halides is 6. The van der Waals surface area contributed by atoms with E-state index in [-0.39, 0.29) is 23.9 Å². The maximum absolute atomic E-state index is 13.1. The zero-order chi connectivity index (χ0) is 30.3. The smallest absolute Gasteiger partial charge is 0.475 e. The van der Waals surface area contributed by atoms with E-state index in [1.54, 1.807) is 0 Å². The number of ether oxygens (including phenoxy) is 1. The van der Waals surface area contributed by atoms with Gasteiger partial charge in [0.2, 0.25) is 0 Å². The minimum atomic E-state index is -5.08. The highest BCUT2D eigenvalue weighted by atomic mass is 19.4. The average molecular weight is 590 g/mol. The van der Waals surface area contributed by atoms with E-state index < -0.39 is 24.3 Å². The Labute approximate surface area is 225 Å². The molecule has 0 saturated carbocycles. The molecule has 1 aromatic carbocycles. The van der Waals surface area contributed by atoms with Gasteiger partial charge in [0.05, 0.1) is 6.10 Å². The van der Waals surface area contributed by atoms with Gasteiger partial charge in [-0.15, -0.1) is 0 Å². The van der Waals surface area contributed by atoms with E-state index in [1.165, 1.54) is 12.1 Å². The largest absolute Gasteiger partial charge is 0.490 e. The Morgan fingerprint density at radius 3 is 1.82 bits per heavy atom. The van der Waals surface area contributed by atoms with Crippen LogP contribution in [0.15, 0.2) is 24.3 Å². The van der Waals surface area contributed by atoms with Crippen LogP contribution < -0.4 is 0 Å². The lowest BCUT2D eigenvalue weighted by atomic mass is 9.98. The number of hydrogen-bond donors (Lipinski definition) is 2. The zero-order valence-electron chi connectivity index (χ0n) is 21.4.